The summed E-state index contributed by atoms with van der Waals surface area (Å²) in [4.78, 5) is 12.0. The molecule has 2 rings (SSSR count). The van der Waals surface area contributed by atoms with Crippen molar-refractivity contribution in [2.45, 2.75) is 19.4 Å². The molecule has 6 heteroatoms. The second-order valence-corrected chi connectivity index (χ2v) is 5.20. The molecule has 1 aromatic heterocycles. The van der Waals surface area contributed by atoms with Crippen molar-refractivity contribution in [3.05, 3.63) is 35.9 Å². The van der Waals surface area contributed by atoms with Gasteiger partial charge in [0.25, 0.3) is 0 Å². The lowest BCUT2D eigenvalue weighted by atomic mass is 10.1. The van der Waals surface area contributed by atoms with Crippen LogP contribution in [0.25, 0.3) is 11.3 Å². The van der Waals surface area contributed by atoms with Crippen molar-refractivity contribution in [1.29, 1.82) is 0 Å². The first-order valence-corrected chi connectivity index (χ1v) is 7.18. The number of anilines is 1. The van der Waals surface area contributed by atoms with Gasteiger partial charge in [0, 0.05) is 32.3 Å². The zero-order valence-corrected chi connectivity index (χ0v) is 13.2. The van der Waals surface area contributed by atoms with E-state index in [4.69, 9.17) is 10.5 Å². The summed E-state index contributed by atoms with van der Waals surface area (Å²) in [7, 11) is 3.35. The average Bonchev–Trinajstić information content (AvgIpc) is 2.86. The summed E-state index contributed by atoms with van der Waals surface area (Å²) in [6.07, 6.45) is -0.0539. The van der Waals surface area contributed by atoms with Crippen LogP contribution >= 0.6 is 0 Å². The van der Waals surface area contributed by atoms with Gasteiger partial charge in [0.15, 0.2) is 0 Å². The highest BCUT2D eigenvalue weighted by Gasteiger charge is 2.15. The first-order valence-electron chi connectivity index (χ1n) is 7.18. The number of methoxy groups -OCH3 is 1. The Hall–Kier alpha value is -2.18. The molecule has 0 saturated carbocycles. The van der Waals surface area contributed by atoms with Crippen molar-refractivity contribution in [3.8, 4) is 11.3 Å². The zero-order chi connectivity index (χ0) is 16.1. The van der Waals surface area contributed by atoms with Crippen molar-refractivity contribution in [2.75, 3.05) is 19.0 Å². The fraction of sp³-hybridized carbons (Fsp3) is 0.375. The van der Waals surface area contributed by atoms with Crippen molar-refractivity contribution < 1.29 is 9.53 Å². The van der Waals surface area contributed by atoms with E-state index in [1.807, 2.05) is 37.3 Å². The van der Waals surface area contributed by atoms with Crippen LogP contribution in [0, 0.1) is 6.92 Å². The molecule has 0 fully saturated rings. The summed E-state index contributed by atoms with van der Waals surface area (Å²) in [6.45, 7) is 2.34. The number of rotatable bonds is 6. The predicted molar refractivity (Wildman–Crippen MR) is 86.5 cm³/mol. The second-order valence-electron chi connectivity index (χ2n) is 5.20. The van der Waals surface area contributed by atoms with Gasteiger partial charge < -0.3 is 15.8 Å². The Morgan fingerprint density at radius 3 is 2.82 bits per heavy atom. The number of carbonyl (C=O) groups excluding carboxylic acids is 1. The van der Waals surface area contributed by atoms with Crippen LogP contribution in [-0.4, -0.2) is 35.4 Å². The fourth-order valence-electron chi connectivity index (χ4n) is 2.24. The minimum atomic E-state index is -0.274. The van der Waals surface area contributed by atoms with Gasteiger partial charge in [0.05, 0.1) is 18.2 Å². The smallest absolute Gasteiger partial charge is 0.228 e. The van der Waals surface area contributed by atoms with Gasteiger partial charge in [0.1, 0.15) is 5.82 Å². The maximum absolute atomic E-state index is 12.0. The second kappa shape index (κ2) is 7.20. The molecule has 0 aliphatic heterocycles. The van der Waals surface area contributed by atoms with Gasteiger partial charge in [-0.3, -0.25) is 9.48 Å². The molecule has 0 aliphatic rings. The topological polar surface area (TPSA) is 82.2 Å². The molecule has 22 heavy (non-hydrogen) atoms. The maximum Gasteiger partial charge on any atom is 0.228 e. The third kappa shape index (κ3) is 3.72. The lowest BCUT2D eigenvalue weighted by Crippen LogP contribution is -2.28. The van der Waals surface area contributed by atoms with E-state index in [1.165, 1.54) is 0 Å². The van der Waals surface area contributed by atoms with E-state index in [2.05, 4.69) is 10.4 Å². The fourth-order valence-corrected chi connectivity index (χ4v) is 2.24. The van der Waals surface area contributed by atoms with Crippen LogP contribution in [-0.2, 0) is 16.6 Å². The Kier molecular flexibility index (Phi) is 5.30. The summed E-state index contributed by atoms with van der Waals surface area (Å²) >= 11 is 0. The van der Waals surface area contributed by atoms with Crippen LogP contribution in [0.5, 0.6) is 0 Å². The predicted octanol–water partition coefficient (Wildman–Crippen LogP) is 1.70. The molecule has 0 radical (unpaired) electrons. The van der Waals surface area contributed by atoms with Gasteiger partial charge in [0.2, 0.25) is 5.91 Å². The number of nitrogens with zero attached hydrogens (tertiary/aromatic N) is 2. The molecule has 1 amide bonds. The zero-order valence-electron chi connectivity index (χ0n) is 13.2. The SMILES string of the molecule is COC(CN)CC(=O)Nc1cc(-c2ccccc2C)nn1C. The third-order valence-electron chi connectivity index (χ3n) is 3.58. The number of benzene rings is 1. The van der Waals surface area contributed by atoms with E-state index in [9.17, 15) is 4.79 Å². The van der Waals surface area contributed by atoms with E-state index >= 15 is 0 Å². The van der Waals surface area contributed by atoms with Crippen LogP contribution in [0.15, 0.2) is 30.3 Å². The highest BCUT2D eigenvalue weighted by molar-refractivity contribution is 5.90. The number of ether oxygens (including phenoxy) is 1. The van der Waals surface area contributed by atoms with E-state index in [1.54, 1.807) is 18.8 Å². The Bertz CT molecular complexity index is 647. The third-order valence-corrected chi connectivity index (χ3v) is 3.58. The van der Waals surface area contributed by atoms with Crippen molar-refractivity contribution in [3.63, 3.8) is 0 Å². The Morgan fingerprint density at radius 1 is 1.45 bits per heavy atom. The van der Waals surface area contributed by atoms with Crippen LogP contribution in [0.4, 0.5) is 5.82 Å². The summed E-state index contributed by atoms with van der Waals surface area (Å²) < 4.78 is 6.78. The molecule has 1 aromatic carbocycles. The first kappa shape index (κ1) is 16.2. The van der Waals surface area contributed by atoms with Crippen molar-refractivity contribution in [2.24, 2.45) is 12.8 Å². The number of hydrogen-bond acceptors (Lipinski definition) is 4. The maximum atomic E-state index is 12.0. The normalized spacial score (nSPS) is 12.2. The number of nitrogens with one attached hydrogen (secondary N) is 1. The van der Waals surface area contributed by atoms with Crippen LogP contribution in [0.3, 0.4) is 0 Å². The molecular weight excluding hydrogens is 280 g/mol. The van der Waals surface area contributed by atoms with Gasteiger partial charge in [-0.1, -0.05) is 24.3 Å². The summed E-state index contributed by atoms with van der Waals surface area (Å²) in [5.41, 5.74) is 8.55. The Balaban J connectivity index is 2.14. The molecule has 3 N–H and O–H groups in total. The lowest BCUT2D eigenvalue weighted by Gasteiger charge is -2.12. The lowest BCUT2D eigenvalue weighted by molar-refractivity contribution is -0.118. The minimum Gasteiger partial charge on any atom is -0.380 e. The number of nitrogens with two attached hydrogens (primary N) is 1. The Labute approximate surface area is 130 Å². The number of amides is 1. The Morgan fingerprint density at radius 2 is 2.18 bits per heavy atom. The summed E-state index contributed by atoms with van der Waals surface area (Å²) in [6, 6.07) is 9.87. The van der Waals surface area contributed by atoms with Crippen molar-refractivity contribution >= 4 is 11.7 Å². The molecule has 6 nitrogen and oxygen atoms in total. The van der Waals surface area contributed by atoms with Crippen molar-refractivity contribution in [1.82, 2.24) is 9.78 Å². The van der Waals surface area contributed by atoms with Crippen LogP contribution in [0.1, 0.15) is 12.0 Å². The molecule has 1 heterocycles. The van der Waals surface area contributed by atoms with E-state index in [0.717, 1.165) is 16.8 Å². The van der Waals surface area contributed by atoms with Crippen LogP contribution in [0.2, 0.25) is 0 Å². The monoisotopic (exact) mass is 302 g/mol. The summed E-state index contributed by atoms with van der Waals surface area (Å²) in [5.74, 6) is 0.506. The van der Waals surface area contributed by atoms with Gasteiger partial charge in [-0.05, 0) is 12.5 Å². The molecule has 0 spiro atoms. The largest absolute Gasteiger partial charge is 0.380 e. The summed E-state index contributed by atoms with van der Waals surface area (Å²) in [5, 5.41) is 7.31. The van der Waals surface area contributed by atoms with Gasteiger partial charge >= 0.3 is 0 Å². The number of aryl methyl sites for hydroxylation is 2. The molecule has 118 valence electrons. The van der Waals surface area contributed by atoms with E-state index in [0.29, 0.717) is 12.4 Å². The molecule has 0 aliphatic carbocycles. The van der Waals surface area contributed by atoms with E-state index in [-0.39, 0.29) is 18.4 Å². The minimum absolute atomic E-state index is 0.142. The van der Waals surface area contributed by atoms with Gasteiger partial charge in [-0.25, -0.2) is 0 Å². The molecule has 0 saturated heterocycles. The quantitative estimate of drug-likeness (QED) is 0.851. The number of carbonyl (C=O) groups is 1. The standard InChI is InChI=1S/C16H22N4O2/c1-11-6-4-5-7-13(11)14-9-15(20(2)19-14)18-16(21)8-12(10-17)22-3/h4-7,9,12H,8,10,17H2,1-3H3,(H,18,21). The molecule has 1 atom stereocenters. The average molecular weight is 302 g/mol. The highest BCUT2D eigenvalue weighted by atomic mass is 16.5. The molecule has 0 bridgehead atoms. The van der Waals surface area contributed by atoms with Gasteiger partial charge in [-0.15, -0.1) is 0 Å². The number of aromatic nitrogens is 2. The highest BCUT2D eigenvalue weighted by Crippen LogP contribution is 2.24. The van der Waals surface area contributed by atoms with Gasteiger partial charge in [-0.2, -0.15) is 5.10 Å². The molecule has 2 aromatic rings. The first-order chi connectivity index (χ1) is 10.5. The molecular formula is C16H22N4O2. The number of hydrogen-bond donors (Lipinski definition) is 2. The molecule has 1 unspecified atom stereocenters. The van der Waals surface area contributed by atoms with E-state index < -0.39 is 0 Å². The van der Waals surface area contributed by atoms with Crippen LogP contribution < -0.4 is 11.1 Å².